The Balaban J connectivity index is 0.00000529. The van der Waals surface area contributed by atoms with Crippen molar-refractivity contribution in [2.24, 2.45) is 0 Å². The lowest BCUT2D eigenvalue weighted by Gasteiger charge is -2.38. The Morgan fingerprint density at radius 2 is 0.958 bits per heavy atom. The van der Waals surface area contributed by atoms with Crippen LogP contribution in [0.2, 0.25) is 0 Å². The van der Waals surface area contributed by atoms with Crippen molar-refractivity contribution >= 4 is 0 Å². The quantitative estimate of drug-likeness (QED) is 0.284. The lowest BCUT2D eigenvalue weighted by Crippen LogP contribution is -3.00. The molecule has 1 unspecified atom stereocenters. The molecule has 0 radical (unpaired) electrons. The summed E-state index contributed by atoms with van der Waals surface area (Å²) in [6.07, 6.45) is 23.1. The van der Waals surface area contributed by atoms with Gasteiger partial charge in [0.15, 0.2) is 6.61 Å². The normalized spacial score (nSPS) is 19.8. The summed E-state index contributed by atoms with van der Waals surface area (Å²) in [6, 6.07) is 0. The number of hydroxylamine groups is 3. The van der Waals surface area contributed by atoms with E-state index >= 15 is 0 Å². The van der Waals surface area contributed by atoms with Gasteiger partial charge in [0.25, 0.3) is 0 Å². The summed E-state index contributed by atoms with van der Waals surface area (Å²) in [6.45, 7) is 5.70. The number of rotatable bonds is 17. The number of likely N-dealkylation sites (N-methyl/N-ethyl adjacent to an activating group) is 1. The first kappa shape index (κ1) is 24.2. The van der Waals surface area contributed by atoms with Gasteiger partial charge < -0.3 is 12.4 Å². The van der Waals surface area contributed by atoms with E-state index < -0.39 is 0 Å². The molecule has 0 amide bonds. The van der Waals surface area contributed by atoms with Crippen LogP contribution in [0.15, 0.2) is 0 Å². The number of nitrogens with zero attached hydrogens (tertiary/aromatic N) is 1. The molecule has 146 valence electrons. The highest BCUT2D eigenvalue weighted by atomic mass is 35.5. The molecule has 0 aromatic heterocycles. The minimum atomic E-state index is 0. The fourth-order valence-electron chi connectivity index (χ4n) is 3.57. The molecule has 1 heterocycles. The number of quaternary nitrogens is 1. The van der Waals surface area contributed by atoms with Gasteiger partial charge in [-0.2, -0.15) is 9.48 Å². The maximum atomic E-state index is 5.58. The molecule has 1 rings (SSSR count). The van der Waals surface area contributed by atoms with Crippen molar-refractivity contribution in [3.8, 4) is 0 Å². The third kappa shape index (κ3) is 13.5. The highest BCUT2D eigenvalue weighted by Gasteiger charge is 2.32. The molecule has 0 spiro atoms. The zero-order valence-electron chi connectivity index (χ0n) is 16.7. The van der Waals surface area contributed by atoms with E-state index in [4.69, 9.17) is 4.84 Å². The molecule has 1 aliphatic rings. The second-order valence-electron chi connectivity index (χ2n) is 7.88. The first-order valence-electron chi connectivity index (χ1n) is 10.8. The van der Waals surface area contributed by atoms with Crippen LogP contribution in [0.25, 0.3) is 0 Å². The minimum Gasteiger partial charge on any atom is -1.00 e. The molecule has 0 aromatic rings. The predicted octanol–water partition coefficient (Wildman–Crippen LogP) is 3.64. The average molecular weight is 362 g/mol. The van der Waals surface area contributed by atoms with Crippen LogP contribution >= 0.6 is 0 Å². The third-order valence-corrected chi connectivity index (χ3v) is 5.45. The molecule has 2 nitrogen and oxygen atoms in total. The van der Waals surface area contributed by atoms with Gasteiger partial charge in [-0.3, -0.25) is 0 Å². The van der Waals surface area contributed by atoms with E-state index in [9.17, 15) is 0 Å². The lowest BCUT2D eigenvalue weighted by atomic mass is 10.0. The molecular weight excluding hydrogens is 318 g/mol. The topological polar surface area (TPSA) is 9.23 Å². The minimum absolute atomic E-state index is 0. The standard InChI is InChI=1S/C21H44NO.ClH/c1-3-4-5-6-7-8-9-10-11-12-13-14-15-16-17-18-19-22(2)20-21-23-22;/h3-21H2,1-2H3;1H/q+1;/p-1. The monoisotopic (exact) mass is 361 g/mol. The zero-order valence-corrected chi connectivity index (χ0v) is 17.4. The Morgan fingerprint density at radius 1 is 0.625 bits per heavy atom. The molecule has 3 heteroatoms. The van der Waals surface area contributed by atoms with E-state index in [1.165, 1.54) is 116 Å². The van der Waals surface area contributed by atoms with Crippen LogP contribution in [0, 0.1) is 0 Å². The molecule has 0 saturated carbocycles. The second kappa shape index (κ2) is 16.7. The van der Waals surface area contributed by atoms with Crippen LogP contribution in [-0.4, -0.2) is 31.4 Å². The first-order chi connectivity index (χ1) is 11.3. The molecule has 0 bridgehead atoms. The lowest BCUT2D eigenvalue weighted by molar-refractivity contribution is -1.14. The Morgan fingerprint density at radius 3 is 1.25 bits per heavy atom. The van der Waals surface area contributed by atoms with Gasteiger partial charge in [0.1, 0.15) is 13.1 Å². The SMILES string of the molecule is CCCCCCCCCCCCCCCCCC[N+]1(C)CCO1.[Cl-]. The summed E-state index contributed by atoms with van der Waals surface area (Å²) in [5.41, 5.74) is 0. The number of halogens is 1. The highest BCUT2D eigenvalue weighted by molar-refractivity contribution is 4.50. The Kier molecular flexibility index (Phi) is 16.8. The van der Waals surface area contributed by atoms with E-state index in [0.29, 0.717) is 0 Å². The second-order valence-corrected chi connectivity index (χ2v) is 7.88. The summed E-state index contributed by atoms with van der Waals surface area (Å²) in [5, 5.41) is 0. The van der Waals surface area contributed by atoms with Gasteiger partial charge in [-0.05, 0) is 12.8 Å². The van der Waals surface area contributed by atoms with Gasteiger partial charge in [0.2, 0.25) is 0 Å². The van der Waals surface area contributed by atoms with E-state index in [1.807, 2.05) is 0 Å². The summed E-state index contributed by atoms with van der Waals surface area (Å²) in [5.74, 6) is 0. The Hall–Kier alpha value is 0.210. The zero-order chi connectivity index (χ0) is 16.6. The van der Waals surface area contributed by atoms with Gasteiger partial charge in [0, 0.05) is 0 Å². The molecule has 1 fully saturated rings. The van der Waals surface area contributed by atoms with Crippen molar-refractivity contribution in [2.75, 3.05) is 26.7 Å². The summed E-state index contributed by atoms with van der Waals surface area (Å²) < 4.78 is 0.874. The number of hydrogen-bond donors (Lipinski definition) is 0. The number of unbranched alkanes of at least 4 members (excludes halogenated alkanes) is 15. The van der Waals surface area contributed by atoms with E-state index in [-0.39, 0.29) is 12.4 Å². The van der Waals surface area contributed by atoms with Crippen molar-refractivity contribution in [3.63, 3.8) is 0 Å². The fraction of sp³-hybridized carbons (Fsp3) is 1.00. The van der Waals surface area contributed by atoms with Crippen LogP contribution in [0.1, 0.15) is 110 Å². The molecule has 1 atom stereocenters. The van der Waals surface area contributed by atoms with Crippen LogP contribution in [0.5, 0.6) is 0 Å². The maximum Gasteiger partial charge on any atom is 0.158 e. The fourth-order valence-corrected chi connectivity index (χ4v) is 3.57. The molecule has 0 aromatic carbocycles. The summed E-state index contributed by atoms with van der Waals surface area (Å²) in [7, 11) is 2.22. The molecule has 1 saturated heterocycles. The first-order valence-corrected chi connectivity index (χ1v) is 10.8. The largest absolute Gasteiger partial charge is 1.00 e. The third-order valence-electron chi connectivity index (χ3n) is 5.45. The molecular formula is C21H44ClNO. The van der Waals surface area contributed by atoms with Crippen LogP contribution in [-0.2, 0) is 4.84 Å². The molecule has 1 aliphatic heterocycles. The molecule has 0 N–H and O–H groups in total. The smallest absolute Gasteiger partial charge is 0.158 e. The number of hydrogen-bond acceptors (Lipinski definition) is 1. The van der Waals surface area contributed by atoms with Gasteiger partial charge in [0.05, 0.1) is 7.05 Å². The van der Waals surface area contributed by atoms with E-state index in [2.05, 4.69) is 14.0 Å². The van der Waals surface area contributed by atoms with Crippen molar-refractivity contribution < 1.29 is 21.9 Å². The van der Waals surface area contributed by atoms with Crippen molar-refractivity contribution in [3.05, 3.63) is 0 Å². The van der Waals surface area contributed by atoms with Gasteiger partial charge in [-0.25, -0.2) is 0 Å². The van der Waals surface area contributed by atoms with Crippen LogP contribution < -0.4 is 12.4 Å². The van der Waals surface area contributed by atoms with Crippen LogP contribution in [0.3, 0.4) is 0 Å². The Labute approximate surface area is 158 Å². The van der Waals surface area contributed by atoms with Gasteiger partial charge >= 0.3 is 0 Å². The van der Waals surface area contributed by atoms with E-state index in [0.717, 1.165) is 11.3 Å². The Bertz CT molecular complexity index is 256. The highest BCUT2D eigenvalue weighted by Crippen LogP contribution is 2.17. The van der Waals surface area contributed by atoms with Crippen molar-refractivity contribution in [2.45, 2.75) is 110 Å². The molecule has 24 heavy (non-hydrogen) atoms. The average Bonchev–Trinajstić information content (AvgIpc) is 2.53. The van der Waals surface area contributed by atoms with Crippen molar-refractivity contribution in [1.29, 1.82) is 0 Å². The van der Waals surface area contributed by atoms with Crippen molar-refractivity contribution in [1.82, 2.24) is 0 Å². The summed E-state index contributed by atoms with van der Waals surface area (Å²) >= 11 is 0. The van der Waals surface area contributed by atoms with Crippen LogP contribution in [0.4, 0.5) is 0 Å². The van der Waals surface area contributed by atoms with Gasteiger partial charge in [-0.1, -0.05) is 96.8 Å². The summed E-state index contributed by atoms with van der Waals surface area (Å²) in [4.78, 5) is 5.58. The predicted molar refractivity (Wildman–Crippen MR) is 101 cm³/mol. The van der Waals surface area contributed by atoms with E-state index in [1.54, 1.807) is 0 Å². The maximum absolute atomic E-state index is 5.58. The molecule has 0 aliphatic carbocycles. The van der Waals surface area contributed by atoms with Gasteiger partial charge in [-0.15, -0.1) is 0 Å².